The first-order valence-electron chi connectivity index (χ1n) is 12.4. The van der Waals surface area contributed by atoms with Crippen LogP contribution < -0.4 is 10.1 Å². The number of amides is 1. The van der Waals surface area contributed by atoms with Crippen LogP contribution in [0.4, 0.5) is 4.39 Å². The summed E-state index contributed by atoms with van der Waals surface area (Å²) in [5, 5.41) is 11.9. The van der Waals surface area contributed by atoms with Gasteiger partial charge in [0.2, 0.25) is 0 Å². The van der Waals surface area contributed by atoms with E-state index in [4.69, 9.17) is 4.74 Å². The van der Waals surface area contributed by atoms with Crippen molar-refractivity contribution in [2.75, 3.05) is 6.61 Å². The number of pyridine rings is 3. The maximum atomic E-state index is 14.9. The molecule has 1 aromatic carbocycles. The van der Waals surface area contributed by atoms with Crippen LogP contribution in [-0.4, -0.2) is 48.3 Å². The number of fused-ring (bicyclic) bond motifs is 1. The zero-order valence-corrected chi connectivity index (χ0v) is 20.6. The van der Waals surface area contributed by atoms with Crippen molar-refractivity contribution >= 4 is 16.9 Å². The zero-order chi connectivity index (χ0) is 26.1. The number of aromatic nitrogens is 6. The lowest BCUT2D eigenvalue weighted by molar-refractivity contribution is 0.0902. The summed E-state index contributed by atoms with van der Waals surface area (Å²) in [6, 6.07) is 17.1. The molecule has 0 radical (unpaired) electrons. The molecule has 0 saturated heterocycles. The van der Waals surface area contributed by atoms with E-state index in [-0.39, 0.29) is 23.7 Å². The summed E-state index contributed by atoms with van der Waals surface area (Å²) in [5.41, 5.74) is 2.64. The maximum absolute atomic E-state index is 14.9. The van der Waals surface area contributed by atoms with E-state index < -0.39 is 0 Å². The Bertz CT molecular complexity index is 1610. The van der Waals surface area contributed by atoms with Crippen molar-refractivity contribution in [2.45, 2.75) is 31.7 Å². The average Bonchev–Trinajstić information content (AvgIpc) is 3.35. The van der Waals surface area contributed by atoms with Crippen molar-refractivity contribution in [3.8, 4) is 23.0 Å². The Morgan fingerprint density at radius 2 is 1.89 bits per heavy atom. The minimum absolute atomic E-state index is 0.0161. The molecule has 5 aromatic rings. The number of halogens is 1. The van der Waals surface area contributed by atoms with Crippen LogP contribution in [0.1, 0.15) is 42.0 Å². The molecule has 1 N–H and O–H groups in total. The molecule has 10 heteroatoms. The fraction of sp³-hybridized carbons (Fsp3) is 0.214. The molecular weight excluding hydrogens is 485 g/mol. The molecule has 0 aliphatic heterocycles. The van der Waals surface area contributed by atoms with Crippen LogP contribution in [0.15, 0.2) is 73.1 Å². The summed E-state index contributed by atoms with van der Waals surface area (Å²) in [6.45, 7) is 2.43. The predicted molar refractivity (Wildman–Crippen MR) is 138 cm³/mol. The van der Waals surface area contributed by atoms with E-state index in [9.17, 15) is 9.18 Å². The standard InChI is InChI=1S/C28H24FN7O2/c1-2-38-19-9-10-23(31-16-19)27-35-34-26(36(27)25-8-4-3-6-20(25)29)17-14-18(15-17)32-28(37)24-12-11-21-22(33-24)7-5-13-30-21/h3-13,16-18H,2,14-15H2,1H3,(H,32,37)/t17-,18-. The molecule has 1 saturated carbocycles. The second kappa shape index (κ2) is 9.97. The van der Waals surface area contributed by atoms with Crippen LogP contribution in [0.25, 0.3) is 28.2 Å². The normalized spacial score (nSPS) is 16.7. The summed E-state index contributed by atoms with van der Waals surface area (Å²) in [5.74, 6) is 1.06. The number of benzene rings is 1. The highest BCUT2D eigenvalue weighted by atomic mass is 19.1. The molecule has 0 unspecified atom stereocenters. The van der Waals surface area contributed by atoms with Gasteiger partial charge < -0.3 is 10.1 Å². The maximum Gasteiger partial charge on any atom is 0.270 e. The molecule has 0 spiro atoms. The molecule has 1 fully saturated rings. The van der Waals surface area contributed by atoms with Crippen LogP contribution >= 0.6 is 0 Å². The largest absolute Gasteiger partial charge is 0.492 e. The molecule has 38 heavy (non-hydrogen) atoms. The summed E-state index contributed by atoms with van der Waals surface area (Å²) < 4.78 is 22.2. The van der Waals surface area contributed by atoms with Gasteiger partial charge in [0, 0.05) is 18.2 Å². The number of hydrogen-bond donors (Lipinski definition) is 1. The van der Waals surface area contributed by atoms with Gasteiger partial charge in [-0.1, -0.05) is 12.1 Å². The second-order valence-electron chi connectivity index (χ2n) is 9.06. The number of para-hydroxylation sites is 1. The summed E-state index contributed by atoms with van der Waals surface area (Å²) >= 11 is 0. The van der Waals surface area contributed by atoms with Crippen molar-refractivity contribution in [3.05, 3.63) is 90.4 Å². The van der Waals surface area contributed by atoms with Crippen LogP contribution in [0, 0.1) is 5.82 Å². The Hall–Kier alpha value is -4.73. The molecule has 0 bridgehead atoms. The van der Waals surface area contributed by atoms with Gasteiger partial charge >= 0.3 is 0 Å². The SMILES string of the molecule is CCOc1ccc(-c2nnc([C@H]3C[C@H](NC(=O)c4ccc5ncccc5n4)C3)n2-c2ccccc2F)nc1. The van der Waals surface area contributed by atoms with Gasteiger partial charge in [-0.15, -0.1) is 10.2 Å². The van der Waals surface area contributed by atoms with Crippen LogP contribution in [0.5, 0.6) is 5.75 Å². The van der Waals surface area contributed by atoms with E-state index in [0.29, 0.717) is 59.4 Å². The fourth-order valence-electron chi connectivity index (χ4n) is 4.65. The van der Waals surface area contributed by atoms with Crippen LogP contribution in [0.2, 0.25) is 0 Å². The van der Waals surface area contributed by atoms with Gasteiger partial charge in [-0.25, -0.2) is 14.4 Å². The molecule has 4 heterocycles. The van der Waals surface area contributed by atoms with Crippen molar-refractivity contribution in [2.24, 2.45) is 0 Å². The van der Waals surface area contributed by atoms with Crippen LogP contribution in [-0.2, 0) is 0 Å². The van der Waals surface area contributed by atoms with Crippen molar-refractivity contribution < 1.29 is 13.9 Å². The summed E-state index contributed by atoms with van der Waals surface area (Å²) in [4.78, 5) is 26.0. The van der Waals surface area contributed by atoms with Crippen molar-refractivity contribution in [3.63, 3.8) is 0 Å². The van der Waals surface area contributed by atoms with E-state index in [2.05, 4.69) is 30.5 Å². The number of carbonyl (C=O) groups is 1. The number of rotatable bonds is 7. The molecule has 1 aliphatic carbocycles. The lowest BCUT2D eigenvalue weighted by atomic mass is 9.79. The van der Waals surface area contributed by atoms with E-state index in [1.807, 2.05) is 13.0 Å². The van der Waals surface area contributed by atoms with Crippen molar-refractivity contribution in [1.82, 2.24) is 35.0 Å². The van der Waals surface area contributed by atoms with Crippen molar-refractivity contribution in [1.29, 1.82) is 0 Å². The number of nitrogens with one attached hydrogen (secondary N) is 1. The first kappa shape index (κ1) is 23.7. The first-order chi connectivity index (χ1) is 18.6. The Kier molecular flexibility index (Phi) is 6.20. The smallest absolute Gasteiger partial charge is 0.270 e. The molecule has 190 valence electrons. The van der Waals surface area contributed by atoms with E-state index >= 15 is 0 Å². The van der Waals surface area contributed by atoms with E-state index in [1.165, 1.54) is 6.07 Å². The molecular formula is C28H24FN7O2. The Morgan fingerprint density at radius 1 is 1.03 bits per heavy atom. The van der Waals surface area contributed by atoms with Gasteiger partial charge in [-0.3, -0.25) is 14.3 Å². The zero-order valence-electron chi connectivity index (χ0n) is 20.6. The topological polar surface area (TPSA) is 108 Å². The highest BCUT2D eigenvalue weighted by Crippen LogP contribution is 2.39. The third kappa shape index (κ3) is 4.45. The summed E-state index contributed by atoms with van der Waals surface area (Å²) in [6.07, 6.45) is 4.59. The molecule has 9 nitrogen and oxygen atoms in total. The van der Waals surface area contributed by atoms with E-state index in [1.54, 1.807) is 65.5 Å². The number of nitrogens with zero attached hydrogens (tertiary/aromatic N) is 6. The average molecular weight is 510 g/mol. The highest BCUT2D eigenvalue weighted by molar-refractivity contribution is 5.94. The van der Waals surface area contributed by atoms with Gasteiger partial charge in [0.05, 0.1) is 29.5 Å². The fourth-order valence-corrected chi connectivity index (χ4v) is 4.65. The third-order valence-electron chi connectivity index (χ3n) is 6.59. The Morgan fingerprint density at radius 3 is 2.68 bits per heavy atom. The van der Waals surface area contributed by atoms with Gasteiger partial charge in [0.25, 0.3) is 5.91 Å². The molecule has 0 atom stereocenters. The predicted octanol–water partition coefficient (Wildman–Crippen LogP) is 4.49. The lowest BCUT2D eigenvalue weighted by Gasteiger charge is -2.35. The van der Waals surface area contributed by atoms with Gasteiger partial charge in [0.15, 0.2) is 5.82 Å². The monoisotopic (exact) mass is 509 g/mol. The Labute approximate surface area is 217 Å². The second-order valence-corrected chi connectivity index (χ2v) is 9.06. The molecule has 1 aliphatic rings. The first-order valence-corrected chi connectivity index (χ1v) is 12.4. The molecule has 1 amide bonds. The number of hydrogen-bond acceptors (Lipinski definition) is 7. The third-order valence-corrected chi connectivity index (χ3v) is 6.59. The van der Waals surface area contributed by atoms with Gasteiger partial charge in [0.1, 0.15) is 28.8 Å². The molecule has 4 aromatic heterocycles. The highest BCUT2D eigenvalue weighted by Gasteiger charge is 2.36. The quantitative estimate of drug-likeness (QED) is 0.345. The van der Waals surface area contributed by atoms with E-state index in [0.717, 1.165) is 5.52 Å². The molecule has 6 rings (SSSR count). The summed E-state index contributed by atoms with van der Waals surface area (Å²) in [7, 11) is 0. The lowest BCUT2D eigenvalue weighted by Crippen LogP contribution is -2.44. The minimum atomic E-state index is -0.387. The Balaban J connectivity index is 1.23. The number of carbonyl (C=O) groups excluding carboxylic acids is 1. The van der Waals surface area contributed by atoms with Gasteiger partial charge in [-0.2, -0.15) is 0 Å². The minimum Gasteiger partial charge on any atom is -0.492 e. The van der Waals surface area contributed by atoms with Gasteiger partial charge in [-0.05, 0) is 68.3 Å². The van der Waals surface area contributed by atoms with Crippen LogP contribution in [0.3, 0.4) is 0 Å². The number of ether oxygens (including phenoxy) is 1.